The monoisotopic (exact) mass is 172 g/mol. The summed E-state index contributed by atoms with van der Waals surface area (Å²) in [6.07, 6.45) is 0. The Morgan fingerprint density at radius 1 is 1.58 bits per heavy atom. The third-order valence-corrected chi connectivity index (χ3v) is 2.23. The van der Waals surface area contributed by atoms with Gasteiger partial charge in [-0.2, -0.15) is 0 Å². The van der Waals surface area contributed by atoms with Crippen LogP contribution in [0.2, 0.25) is 0 Å². The molecule has 1 saturated heterocycles. The largest absolute Gasteiger partial charge is 0.379 e. The maximum atomic E-state index is 11.0. The normalized spacial score (nSPS) is 26.8. The van der Waals surface area contributed by atoms with Gasteiger partial charge in [0.2, 0.25) is 0 Å². The number of carbonyl (C=O) groups excluding carboxylic acids is 1. The second kappa shape index (κ2) is 3.31. The van der Waals surface area contributed by atoms with Crippen LogP contribution in [-0.4, -0.2) is 32.3 Å². The van der Waals surface area contributed by atoms with Crippen molar-refractivity contribution in [1.29, 1.82) is 0 Å². The highest BCUT2D eigenvalue weighted by atomic mass is 16.5. The van der Waals surface area contributed by atoms with Gasteiger partial charge < -0.3 is 15.4 Å². The first-order valence-electron chi connectivity index (χ1n) is 4.12. The summed E-state index contributed by atoms with van der Waals surface area (Å²) in [4.78, 5) is 11.0. The van der Waals surface area contributed by atoms with Crippen molar-refractivity contribution < 1.29 is 9.53 Å². The second-order valence-corrected chi connectivity index (χ2v) is 3.78. The lowest BCUT2D eigenvalue weighted by molar-refractivity contribution is 0.166. The van der Waals surface area contributed by atoms with E-state index in [2.05, 4.69) is 24.5 Å². The quantitative estimate of drug-likeness (QED) is 0.599. The summed E-state index contributed by atoms with van der Waals surface area (Å²) >= 11 is 0. The third-order valence-electron chi connectivity index (χ3n) is 2.23. The topological polar surface area (TPSA) is 50.4 Å². The molecule has 0 saturated carbocycles. The van der Waals surface area contributed by atoms with Crippen LogP contribution in [0.5, 0.6) is 0 Å². The summed E-state index contributed by atoms with van der Waals surface area (Å²) in [7, 11) is 1.61. The van der Waals surface area contributed by atoms with Gasteiger partial charge in [0.05, 0.1) is 19.3 Å². The number of urea groups is 1. The average molecular weight is 172 g/mol. The molecule has 0 aromatic rings. The van der Waals surface area contributed by atoms with Crippen LogP contribution < -0.4 is 10.6 Å². The Morgan fingerprint density at radius 2 is 2.25 bits per heavy atom. The SMILES string of the molecule is CNC(=O)NC1COCC1(C)C. The fraction of sp³-hybridized carbons (Fsp3) is 0.875. The van der Waals surface area contributed by atoms with Crippen molar-refractivity contribution in [3.63, 3.8) is 0 Å². The van der Waals surface area contributed by atoms with Crippen LogP contribution in [0.25, 0.3) is 0 Å². The van der Waals surface area contributed by atoms with Gasteiger partial charge in [-0.3, -0.25) is 0 Å². The summed E-state index contributed by atoms with van der Waals surface area (Å²) < 4.78 is 5.28. The first-order chi connectivity index (χ1) is 5.56. The van der Waals surface area contributed by atoms with Gasteiger partial charge in [0.1, 0.15) is 0 Å². The van der Waals surface area contributed by atoms with Gasteiger partial charge in [-0.25, -0.2) is 4.79 Å². The highest BCUT2D eigenvalue weighted by Crippen LogP contribution is 2.26. The number of rotatable bonds is 1. The molecule has 1 unspecified atom stereocenters. The Morgan fingerprint density at radius 3 is 2.67 bits per heavy atom. The van der Waals surface area contributed by atoms with E-state index < -0.39 is 0 Å². The first kappa shape index (κ1) is 9.32. The molecule has 70 valence electrons. The molecular weight excluding hydrogens is 156 g/mol. The van der Waals surface area contributed by atoms with Gasteiger partial charge in [0.25, 0.3) is 0 Å². The fourth-order valence-corrected chi connectivity index (χ4v) is 1.23. The van der Waals surface area contributed by atoms with E-state index in [-0.39, 0.29) is 17.5 Å². The van der Waals surface area contributed by atoms with Crippen molar-refractivity contribution in [3.05, 3.63) is 0 Å². The van der Waals surface area contributed by atoms with Crippen molar-refractivity contribution in [3.8, 4) is 0 Å². The smallest absolute Gasteiger partial charge is 0.314 e. The average Bonchev–Trinajstić information content (AvgIpc) is 2.31. The zero-order valence-corrected chi connectivity index (χ0v) is 7.81. The molecule has 2 amide bonds. The molecule has 1 rings (SSSR count). The molecule has 2 N–H and O–H groups in total. The molecule has 0 aromatic carbocycles. The molecule has 0 aromatic heterocycles. The van der Waals surface area contributed by atoms with Gasteiger partial charge in [0.15, 0.2) is 0 Å². The Kier molecular flexibility index (Phi) is 2.57. The molecule has 0 bridgehead atoms. The number of nitrogens with one attached hydrogen (secondary N) is 2. The van der Waals surface area contributed by atoms with E-state index in [1.807, 2.05) is 0 Å². The summed E-state index contributed by atoms with van der Waals surface area (Å²) in [5.41, 5.74) is 0.0481. The van der Waals surface area contributed by atoms with Gasteiger partial charge in [-0.05, 0) is 0 Å². The predicted molar refractivity (Wildman–Crippen MR) is 46.0 cm³/mol. The minimum atomic E-state index is -0.140. The predicted octanol–water partition coefficient (Wildman–Crippen LogP) is 0.340. The molecule has 1 atom stereocenters. The van der Waals surface area contributed by atoms with E-state index in [1.165, 1.54) is 0 Å². The number of amides is 2. The van der Waals surface area contributed by atoms with Crippen LogP contribution in [0, 0.1) is 5.41 Å². The molecule has 12 heavy (non-hydrogen) atoms. The van der Waals surface area contributed by atoms with Gasteiger partial charge in [-0.15, -0.1) is 0 Å². The van der Waals surface area contributed by atoms with Crippen LogP contribution in [0.1, 0.15) is 13.8 Å². The minimum Gasteiger partial charge on any atom is -0.379 e. The van der Waals surface area contributed by atoms with E-state index in [1.54, 1.807) is 7.05 Å². The summed E-state index contributed by atoms with van der Waals surface area (Å²) in [6.45, 7) is 5.49. The van der Waals surface area contributed by atoms with Gasteiger partial charge >= 0.3 is 6.03 Å². The summed E-state index contributed by atoms with van der Waals surface area (Å²) in [6, 6.07) is -0.0176. The minimum absolute atomic E-state index is 0.0481. The molecule has 1 aliphatic heterocycles. The van der Waals surface area contributed by atoms with Crippen molar-refractivity contribution in [2.45, 2.75) is 19.9 Å². The van der Waals surface area contributed by atoms with Crippen molar-refractivity contribution in [1.82, 2.24) is 10.6 Å². The Balaban J connectivity index is 2.47. The van der Waals surface area contributed by atoms with Crippen LogP contribution in [0.4, 0.5) is 4.79 Å². The standard InChI is InChI=1S/C8H16N2O2/c1-8(2)5-12-4-6(8)10-7(11)9-3/h6H,4-5H2,1-3H3,(H2,9,10,11). The number of carbonyl (C=O) groups is 1. The molecule has 4 heteroatoms. The lowest BCUT2D eigenvalue weighted by atomic mass is 9.88. The van der Waals surface area contributed by atoms with E-state index in [4.69, 9.17) is 4.74 Å². The third kappa shape index (κ3) is 1.88. The first-order valence-corrected chi connectivity index (χ1v) is 4.12. The highest BCUT2D eigenvalue weighted by molar-refractivity contribution is 5.73. The van der Waals surface area contributed by atoms with Gasteiger partial charge in [0, 0.05) is 12.5 Å². The van der Waals surface area contributed by atoms with Crippen LogP contribution in [0.15, 0.2) is 0 Å². The lowest BCUT2D eigenvalue weighted by Gasteiger charge is -2.24. The molecular formula is C8H16N2O2. The van der Waals surface area contributed by atoms with E-state index in [0.717, 1.165) is 0 Å². The van der Waals surface area contributed by atoms with Crippen molar-refractivity contribution in [2.24, 2.45) is 5.41 Å². The fourth-order valence-electron chi connectivity index (χ4n) is 1.23. The highest BCUT2D eigenvalue weighted by Gasteiger charge is 2.36. The van der Waals surface area contributed by atoms with Gasteiger partial charge in [-0.1, -0.05) is 13.8 Å². The van der Waals surface area contributed by atoms with E-state index in [9.17, 15) is 4.79 Å². The number of hydrogen-bond acceptors (Lipinski definition) is 2. The number of hydrogen-bond donors (Lipinski definition) is 2. The molecule has 1 fully saturated rings. The Hall–Kier alpha value is -0.770. The molecule has 0 spiro atoms. The molecule has 1 aliphatic rings. The van der Waals surface area contributed by atoms with Crippen LogP contribution >= 0.6 is 0 Å². The molecule has 1 heterocycles. The van der Waals surface area contributed by atoms with Crippen molar-refractivity contribution in [2.75, 3.05) is 20.3 Å². The van der Waals surface area contributed by atoms with Crippen LogP contribution in [0.3, 0.4) is 0 Å². The number of ether oxygens (including phenoxy) is 1. The maximum absolute atomic E-state index is 11.0. The lowest BCUT2D eigenvalue weighted by Crippen LogP contribution is -2.47. The molecule has 0 radical (unpaired) electrons. The summed E-state index contributed by atoms with van der Waals surface area (Å²) in [5.74, 6) is 0. The molecule has 4 nitrogen and oxygen atoms in total. The van der Waals surface area contributed by atoms with E-state index >= 15 is 0 Å². The zero-order chi connectivity index (χ0) is 9.19. The Bertz CT molecular complexity index is 180. The van der Waals surface area contributed by atoms with Crippen molar-refractivity contribution >= 4 is 6.03 Å². The summed E-state index contributed by atoms with van der Waals surface area (Å²) in [5, 5.41) is 5.37. The Labute approximate surface area is 72.7 Å². The maximum Gasteiger partial charge on any atom is 0.314 e. The second-order valence-electron chi connectivity index (χ2n) is 3.78. The zero-order valence-electron chi connectivity index (χ0n) is 7.81. The van der Waals surface area contributed by atoms with E-state index in [0.29, 0.717) is 13.2 Å². The molecule has 0 aliphatic carbocycles. The van der Waals surface area contributed by atoms with Crippen LogP contribution in [-0.2, 0) is 4.74 Å².